The van der Waals surface area contributed by atoms with E-state index in [2.05, 4.69) is 0 Å². The fraction of sp³-hybridized carbons (Fsp3) is 0.812. The highest BCUT2D eigenvalue weighted by atomic mass is 16.5. The summed E-state index contributed by atoms with van der Waals surface area (Å²) in [5.41, 5.74) is 0. The van der Waals surface area contributed by atoms with E-state index >= 15 is 0 Å². The predicted molar refractivity (Wildman–Crippen MR) is 74.1 cm³/mol. The maximum absolute atomic E-state index is 11.9. The minimum Gasteiger partial charge on any atom is -0.462 e. The molecule has 0 saturated heterocycles. The Kier molecular flexibility index (Phi) is 5.32. The molecular formula is C16H24O4. The zero-order valence-electron chi connectivity index (χ0n) is 12.2. The van der Waals surface area contributed by atoms with Gasteiger partial charge in [0.25, 0.3) is 0 Å². The van der Waals surface area contributed by atoms with Crippen molar-refractivity contribution in [2.24, 2.45) is 11.8 Å². The Bertz CT molecular complexity index is 382. The Morgan fingerprint density at radius 1 is 1.15 bits per heavy atom. The second kappa shape index (κ2) is 7.00. The van der Waals surface area contributed by atoms with Crippen molar-refractivity contribution in [1.29, 1.82) is 0 Å². The summed E-state index contributed by atoms with van der Waals surface area (Å²) in [5, 5.41) is 0. The van der Waals surface area contributed by atoms with Crippen molar-refractivity contribution >= 4 is 17.5 Å². The molecule has 2 aliphatic carbocycles. The predicted octanol–water partition coefficient (Wildman–Crippen LogP) is 2.83. The molecule has 0 amide bonds. The molecule has 0 aromatic rings. The highest BCUT2D eigenvalue weighted by Crippen LogP contribution is 2.28. The van der Waals surface area contributed by atoms with E-state index in [1.54, 1.807) is 0 Å². The van der Waals surface area contributed by atoms with Crippen molar-refractivity contribution in [3.05, 3.63) is 0 Å². The monoisotopic (exact) mass is 280 g/mol. The summed E-state index contributed by atoms with van der Waals surface area (Å²) in [6, 6.07) is 0. The molecule has 20 heavy (non-hydrogen) atoms. The van der Waals surface area contributed by atoms with Gasteiger partial charge in [0.2, 0.25) is 0 Å². The van der Waals surface area contributed by atoms with Gasteiger partial charge in [-0.1, -0.05) is 19.3 Å². The fourth-order valence-electron chi connectivity index (χ4n) is 3.37. The van der Waals surface area contributed by atoms with Crippen LogP contribution >= 0.6 is 0 Å². The van der Waals surface area contributed by atoms with Gasteiger partial charge in [0, 0.05) is 6.42 Å². The highest BCUT2D eigenvalue weighted by molar-refractivity contribution is 6.08. The number of hydrogen-bond acceptors (Lipinski definition) is 4. The molecule has 4 heteroatoms. The third kappa shape index (κ3) is 3.90. The van der Waals surface area contributed by atoms with Gasteiger partial charge in [-0.25, -0.2) is 0 Å². The molecule has 2 saturated carbocycles. The molecule has 2 rings (SSSR count). The Labute approximate surface area is 120 Å². The van der Waals surface area contributed by atoms with Crippen LogP contribution in [0.25, 0.3) is 0 Å². The van der Waals surface area contributed by atoms with E-state index in [0.29, 0.717) is 18.8 Å². The average molecular weight is 280 g/mol. The second-order valence-corrected chi connectivity index (χ2v) is 6.15. The van der Waals surface area contributed by atoms with Crippen LogP contribution in [0.1, 0.15) is 64.7 Å². The molecule has 0 N–H and O–H groups in total. The Hall–Kier alpha value is -1.19. The number of ether oxygens (including phenoxy) is 1. The fourth-order valence-corrected chi connectivity index (χ4v) is 3.37. The Morgan fingerprint density at radius 2 is 1.85 bits per heavy atom. The summed E-state index contributed by atoms with van der Waals surface area (Å²) < 4.78 is 5.38. The standard InChI is InChI=1S/C16H24O4/c1-11(12-6-3-2-4-7-12)20-16(19)10-15(18)13-8-5-9-14(13)17/h11-13H,2-10H2,1H3. The molecule has 112 valence electrons. The van der Waals surface area contributed by atoms with E-state index in [1.165, 1.54) is 19.3 Å². The van der Waals surface area contributed by atoms with Crippen molar-refractivity contribution < 1.29 is 19.1 Å². The first kappa shape index (κ1) is 15.2. The van der Waals surface area contributed by atoms with Crippen molar-refractivity contribution in [2.45, 2.75) is 70.8 Å². The van der Waals surface area contributed by atoms with Crippen molar-refractivity contribution in [3.8, 4) is 0 Å². The van der Waals surface area contributed by atoms with Crippen LogP contribution in [0.3, 0.4) is 0 Å². The number of rotatable bonds is 5. The number of carbonyl (C=O) groups excluding carboxylic acids is 3. The van der Waals surface area contributed by atoms with Gasteiger partial charge in [0.15, 0.2) is 5.78 Å². The molecule has 2 unspecified atom stereocenters. The first-order valence-electron chi connectivity index (χ1n) is 7.83. The van der Waals surface area contributed by atoms with Gasteiger partial charge in [-0.15, -0.1) is 0 Å². The van der Waals surface area contributed by atoms with Crippen LogP contribution in [0.15, 0.2) is 0 Å². The zero-order valence-corrected chi connectivity index (χ0v) is 12.2. The molecule has 4 nitrogen and oxygen atoms in total. The molecule has 0 heterocycles. The normalized spacial score (nSPS) is 25.4. The van der Waals surface area contributed by atoms with Crippen molar-refractivity contribution in [2.75, 3.05) is 0 Å². The van der Waals surface area contributed by atoms with Gasteiger partial charge in [0.1, 0.15) is 18.3 Å². The summed E-state index contributed by atoms with van der Waals surface area (Å²) in [5.74, 6) is -0.854. The third-order valence-electron chi connectivity index (χ3n) is 4.64. The lowest BCUT2D eigenvalue weighted by Gasteiger charge is -2.27. The summed E-state index contributed by atoms with van der Waals surface area (Å²) in [6.07, 6.45) is 7.34. The van der Waals surface area contributed by atoms with Gasteiger partial charge < -0.3 is 4.74 Å². The lowest BCUT2D eigenvalue weighted by atomic mass is 9.86. The highest BCUT2D eigenvalue weighted by Gasteiger charge is 2.32. The first-order valence-corrected chi connectivity index (χ1v) is 7.83. The van der Waals surface area contributed by atoms with Gasteiger partial charge in [-0.3, -0.25) is 14.4 Å². The summed E-state index contributed by atoms with van der Waals surface area (Å²) >= 11 is 0. The van der Waals surface area contributed by atoms with E-state index in [4.69, 9.17) is 4.74 Å². The first-order chi connectivity index (χ1) is 9.58. The number of esters is 1. The lowest BCUT2D eigenvalue weighted by Crippen LogP contribution is -2.28. The van der Waals surface area contributed by atoms with E-state index in [-0.39, 0.29) is 24.1 Å². The quantitative estimate of drug-likeness (QED) is 0.574. The molecule has 0 aromatic carbocycles. The molecule has 2 fully saturated rings. The van der Waals surface area contributed by atoms with Gasteiger partial charge in [-0.2, -0.15) is 0 Å². The molecule has 0 bridgehead atoms. The molecule has 2 atom stereocenters. The van der Waals surface area contributed by atoms with Gasteiger partial charge in [-0.05, 0) is 38.5 Å². The smallest absolute Gasteiger partial charge is 0.313 e. The number of Topliss-reactive ketones (excluding diaryl/α,β-unsaturated/α-hetero) is 2. The van der Waals surface area contributed by atoms with Gasteiger partial charge in [0.05, 0.1) is 5.92 Å². The molecule has 0 aliphatic heterocycles. The topological polar surface area (TPSA) is 60.4 Å². The van der Waals surface area contributed by atoms with Crippen LogP contribution in [0, 0.1) is 11.8 Å². The lowest BCUT2D eigenvalue weighted by molar-refractivity contribution is -0.153. The van der Waals surface area contributed by atoms with Crippen LogP contribution in [0.5, 0.6) is 0 Å². The molecule has 2 aliphatic rings. The second-order valence-electron chi connectivity index (χ2n) is 6.15. The Morgan fingerprint density at radius 3 is 2.45 bits per heavy atom. The maximum atomic E-state index is 11.9. The van der Waals surface area contributed by atoms with E-state index in [9.17, 15) is 14.4 Å². The largest absolute Gasteiger partial charge is 0.462 e. The van der Waals surface area contributed by atoms with Gasteiger partial charge >= 0.3 is 5.97 Å². The molecule has 0 radical (unpaired) electrons. The van der Waals surface area contributed by atoms with E-state index < -0.39 is 11.9 Å². The third-order valence-corrected chi connectivity index (χ3v) is 4.64. The number of hydrogen-bond donors (Lipinski definition) is 0. The van der Waals surface area contributed by atoms with Crippen LogP contribution in [-0.4, -0.2) is 23.6 Å². The SMILES string of the molecule is CC(OC(=O)CC(=O)C1CCCC1=O)C1CCCCC1. The van der Waals surface area contributed by atoms with Crippen molar-refractivity contribution in [3.63, 3.8) is 0 Å². The van der Waals surface area contributed by atoms with Crippen LogP contribution < -0.4 is 0 Å². The van der Waals surface area contributed by atoms with Crippen LogP contribution in [0.2, 0.25) is 0 Å². The number of ketones is 2. The maximum Gasteiger partial charge on any atom is 0.313 e. The molecule has 0 aromatic heterocycles. The van der Waals surface area contributed by atoms with E-state index in [0.717, 1.165) is 19.3 Å². The molecular weight excluding hydrogens is 256 g/mol. The van der Waals surface area contributed by atoms with Crippen LogP contribution in [-0.2, 0) is 19.1 Å². The van der Waals surface area contributed by atoms with Crippen molar-refractivity contribution in [1.82, 2.24) is 0 Å². The van der Waals surface area contributed by atoms with E-state index in [1.807, 2.05) is 6.92 Å². The summed E-state index contributed by atoms with van der Waals surface area (Å²) in [7, 11) is 0. The minimum atomic E-state index is -0.549. The Balaban J connectivity index is 1.76. The zero-order chi connectivity index (χ0) is 14.5. The average Bonchev–Trinajstić information content (AvgIpc) is 2.86. The summed E-state index contributed by atoms with van der Waals surface area (Å²) in [6.45, 7) is 1.92. The number of carbonyl (C=O) groups is 3. The minimum absolute atomic E-state index is 0.0110. The molecule has 0 spiro atoms. The van der Waals surface area contributed by atoms with Crippen LogP contribution in [0.4, 0.5) is 0 Å². The summed E-state index contributed by atoms with van der Waals surface area (Å²) in [4.78, 5) is 35.2.